The van der Waals surface area contributed by atoms with Crippen LogP contribution >= 0.6 is 15.9 Å². The average Bonchev–Trinajstić information content (AvgIpc) is 2.47. The van der Waals surface area contributed by atoms with E-state index in [1.807, 2.05) is 17.9 Å². The quantitative estimate of drug-likeness (QED) is 0.441. The molecule has 110 valence electrons. The normalized spacial score (nSPS) is 10.4. The largest absolute Gasteiger partial charge is 0.342 e. The number of nitro benzene ring substituents is 1. The first kappa shape index (κ1) is 15.4. The number of anilines is 2. The molecule has 0 aromatic heterocycles. The molecule has 0 bridgehead atoms. The van der Waals surface area contributed by atoms with E-state index in [4.69, 9.17) is 0 Å². The van der Waals surface area contributed by atoms with Gasteiger partial charge in [-0.05, 0) is 37.3 Å². The van der Waals surface area contributed by atoms with Crippen LogP contribution in [-0.2, 0) is 5.33 Å². The van der Waals surface area contributed by atoms with E-state index in [-0.39, 0.29) is 11.5 Å². The highest BCUT2D eigenvalue weighted by molar-refractivity contribution is 9.08. The molecular formula is C15H14BrFN2O2. The van der Waals surface area contributed by atoms with Crippen LogP contribution in [0.3, 0.4) is 0 Å². The summed E-state index contributed by atoms with van der Waals surface area (Å²) in [5.74, 6) is -0.312. The molecule has 0 unspecified atom stereocenters. The molecule has 0 atom stereocenters. The molecule has 0 saturated carbocycles. The number of alkyl halides is 1. The van der Waals surface area contributed by atoms with Crippen LogP contribution in [0.5, 0.6) is 0 Å². The zero-order valence-electron chi connectivity index (χ0n) is 11.4. The molecule has 0 radical (unpaired) electrons. The summed E-state index contributed by atoms with van der Waals surface area (Å²) in [5.41, 5.74) is 2.17. The lowest BCUT2D eigenvalue weighted by Gasteiger charge is -2.23. The molecule has 0 N–H and O–H groups in total. The van der Waals surface area contributed by atoms with Gasteiger partial charge in [0.1, 0.15) is 5.82 Å². The summed E-state index contributed by atoms with van der Waals surface area (Å²) < 4.78 is 13.4. The summed E-state index contributed by atoms with van der Waals surface area (Å²) in [6, 6.07) is 11.2. The lowest BCUT2D eigenvalue weighted by Crippen LogP contribution is -2.16. The molecule has 0 spiro atoms. The van der Waals surface area contributed by atoms with Gasteiger partial charge >= 0.3 is 0 Å². The molecule has 2 aromatic carbocycles. The minimum absolute atomic E-state index is 0.0749. The Labute approximate surface area is 130 Å². The van der Waals surface area contributed by atoms with E-state index < -0.39 is 4.92 Å². The molecule has 0 aliphatic rings. The summed E-state index contributed by atoms with van der Waals surface area (Å²) in [5, 5.41) is 11.4. The Hall–Kier alpha value is -1.95. The third-order valence-electron chi connectivity index (χ3n) is 3.15. The standard InChI is InChI=1S/C15H14BrFN2O2/c1-2-18(13-5-3-4-12(17)9-13)14-6-7-15(19(20)21)11(8-14)10-16/h3-9H,2,10H2,1H3. The highest BCUT2D eigenvalue weighted by atomic mass is 79.9. The lowest BCUT2D eigenvalue weighted by atomic mass is 10.1. The van der Waals surface area contributed by atoms with Gasteiger partial charge in [-0.3, -0.25) is 10.1 Å². The van der Waals surface area contributed by atoms with E-state index >= 15 is 0 Å². The molecule has 0 aliphatic carbocycles. The summed E-state index contributed by atoms with van der Waals surface area (Å²) >= 11 is 3.27. The van der Waals surface area contributed by atoms with Crippen molar-refractivity contribution < 1.29 is 9.31 Å². The SMILES string of the molecule is CCN(c1cccc(F)c1)c1ccc([N+](=O)[O-])c(CBr)c1. The fourth-order valence-electron chi connectivity index (χ4n) is 2.18. The fraction of sp³-hybridized carbons (Fsp3) is 0.200. The fourth-order valence-corrected chi connectivity index (χ4v) is 2.63. The number of nitro groups is 1. The lowest BCUT2D eigenvalue weighted by molar-refractivity contribution is -0.385. The topological polar surface area (TPSA) is 46.4 Å². The molecule has 0 saturated heterocycles. The zero-order chi connectivity index (χ0) is 15.4. The highest BCUT2D eigenvalue weighted by Crippen LogP contribution is 2.31. The predicted octanol–water partition coefficient (Wildman–Crippen LogP) is 4.79. The Morgan fingerprint density at radius 1 is 1.24 bits per heavy atom. The molecule has 4 nitrogen and oxygen atoms in total. The number of hydrogen-bond donors (Lipinski definition) is 0. The molecule has 0 amide bonds. The second kappa shape index (κ2) is 6.67. The zero-order valence-corrected chi connectivity index (χ0v) is 13.0. The first-order valence-corrected chi connectivity index (χ1v) is 7.55. The van der Waals surface area contributed by atoms with Crippen LogP contribution in [0.25, 0.3) is 0 Å². The molecule has 21 heavy (non-hydrogen) atoms. The van der Waals surface area contributed by atoms with Gasteiger partial charge in [0.05, 0.1) is 4.92 Å². The minimum atomic E-state index is -0.404. The molecule has 0 heterocycles. The second-order valence-corrected chi connectivity index (χ2v) is 4.99. The summed E-state index contributed by atoms with van der Waals surface area (Å²) in [6.45, 7) is 2.57. The average molecular weight is 353 g/mol. The van der Waals surface area contributed by atoms with Gasteiger partial charge in [-0.2, -0.15) is 0 Å². The molecular weight excluding hydrogens is 339 g/mol. The Bertz CT molecular complexity index is 664. The maximum atomic E-state index is 13.4. The number of halogens is 2. The van der Waals surface area contributed by atoms with Crippen LogP contribution in [0.15, 0.2) is 42.5 Å². The third kappa shape index (κ3) is 3.39. The summed E-state index contributed by atoms with van der Waals surface area (Å²) in [4.78, 5) is 12.5. The van der Waals surface area contributed by atoms with Crippen molar-refractivity contribution in [3.05, 3.63) is 64.0 Å². The van der Waals surface area contributed by atoms with Crippen molar-refractivity contribution in [3.63, 3.8) is 0 Å². The van der Waals surface area contributed by atoms with Crippen molar-refractivity contribution in [2.24, 2.45) is 0 Å². The van der Waals surface area contributed by atoms with E-state index in [2.05, 4.69) is 15.9 Å². The molecule has 6 heteroatoms. The van der Waals surface area contributed by atoms with Gasteiger partial charge in [-0.15, -0.1) is 0 Å². The van der Waals surface area contributed by atoms with Gasteiger partial charge < -0.3 is 4.90 Å². The van der Waals surface area contributed by atoms with Crippen molar-refractivity contribution in [2.45, 2.75) is 12.3 Å². The number of hydrogen-bond acceptors (Lipinski definition) is 3. The molecule has 0 aliphatic heterocycles. The van der Waals surface area contributed by atoms with Crippen LogP contribution in [0.4, 0.5) is 21.5 Å². The van der Waals surface area contributed by atoms with Gasteiger partial charge in [0.2, 0.25) is 0 Å². The van der Waals surface area contributed by atoms with Crippen LogP contribution < -0.4 is 4.90 Å². The third-order valence-corrected chi connectivity index (χ3v) is 3.76. The summed E-state index contributed by atoms with van der Waals surface area (Å²) in [6.07, 6.45) is 0. The van der Waals surface area contributed by atoms with Crippen molar-refractivity contribution >= 4 is 33.0 Å². The van der Waals surface area contributed by atoms with Gasteiger partial charge in [0.25, 0.3) is 5.69 Å². The number of rotatable bonds is 5. The van der Waals surface area contributed by atoms with E-state index in [1.54, 1.807) is 18.2 Å². The minimum Gasteiger partial charge on any atom is -0.342 e. The van der Waals surface area contributed by atoms with Gasteiger partial charge in [0.15, 0.2) is 0 Å². The van der Waals surface area contributed by atoms with Crippen LogP contribution in [-0.4, -0.2) is 11.5 Å². The van der Waals surface area contributed by atoms with Crippen molar-refractivity contribution in [1.29, 1.82) is 0 Å². The van der Waals surface area contributed by atoms with Crippen LogP contribution in [0.1, 0.15) is 12.5 Å². The maximum absolute atomic E-state index is 13.4. The van der Waals surface area contributed by atoms with Gasteiger partial charge in [0, 0.05) is 34.9 Å². The summed E-state index contributed by atoms with van der Waals surface area (Å²) in [7, 11) is 0. The van der Waals surface area contributed by atoms with Crippen LogP contribution in [0, 0.1) is 15.9 Å². The first-order valence-electron chi connectivity index (χ1n) is 6.43. The smallest absolute Gasteiger partial charge is 0.273 e. The Balaban J connectivity index is 2.46. The van der Waals surface area contributed by atoms with Gasteiger partial charge in [-0.25, -0.2) is 4.39 Å². The Kier molecular flexibility index (Phi) is 4.90. The first-order chi connectivity index (χ1) is 10.1. The van der Waals surface area contributed by atoms with Crippen LogP contribution in [0.2, 0.25) is 0 Å². The van der Waals surface area contributed by atoms with Crippen molar-refractivity contribution in [2.75, 3.05) is 11.4 Å². The number of nitrogens with zero attached hydrogens (tertiary/aromatic N) is 2. The monoisotopic (exact) mass is 352 g/mol. The maximum Gasteiger partial charge on any atom is 0.273 e. The van der Waals surface area contributed by atoms with Crippen molar-refractivity contribution in [1.82, 2.24) is 0 Å². The van der Waals surface area contributed by atoms with Crippen molar-refractivity contribution in [3.8, 4) is 0 Å². The van der Waals surface area contributed by atoms with E-state index in [0.29, 0.717) is 23.1 Å². The second-order valence-electron chi connectivity index (χ2n) is 4.43. The highest BCUT2D eigenvalue weighted by Gasteiger charge is 2.16. The Morgan fingerprint density at radius 3 is 2.52 bits per heavy atom. The number of benzene rings is 2. The van der Waals surface area contributed by atoms with E-state index in [1.165, 1.54) is 18.2 Å². The molecule has 0 fully saturated rings. The Morgan fingerprint density at radius 2 is 1.95 bits per heavy atom. The predicted molar refractivity (Wildman–Crippen MR) is 84.8 cm³/mol. The van der Waals surface area contributed by atoms with Gasteiger partial charge in [-0.1, -0.05) is 22.0 Å². The molecule has 2 aromatic rings. The van der Waals surface area contributed by atoms with E-state index in [9.17, 15) is 14.5 Å². The van der Waals surface area contributed by atoms with E-state index in [0.717, 1.165) is 5.69 Å². The molecule has 2 rings (SSSR count).